The highest BCUT2D eigenvalue weighted by Crippen LogP contribution is 2.31. The van der Waals surface area contributed by atoms with Crippen molar-refractivity contribution in [2.24, 2.45) is 11.8 Å². The Kier molecular flexibility index (Phi) is 6.29. The van der Waals surface area contributed by atoms with Gasteiger partial charge in [-0.3, -0.25) is 4.79 Å². The van der Waals surface area contributed by atoms with Crippen molar-refractivity contribution in [2.45, 2.75) is 32.1 Å². The molecule has 0 aromatic heterocycles. The summed E-state index contributed by atoms with van der Waals surface area (Å²) < 4.78 is 15.4. The first kappa shape index (κ1) is 16.1. The monoisotopic (exact) mass is 299 g/mol. The van der Waals surface area contributed by atoms with E-state index in [9.17, 15) is 9.59 Å². The minimum absolute atomic E-state index is 0.119. The van der Waals surface area contributed by atoms with E-state index in [-0.39, 0.29) is 30.5 Å². The number of hydrogen-bond donors (Lipinski definition) is 0. The molecule has 0 bridgehead atoms. The molecular weight excluding hydrogens is 274 g/mol. The van der Waals surface area contributed by atoms with Gasteiger partial charge in [-0.05, 0) is 18.8 Å². The first-order chi connectivity index (χ1) is 10.2. The number of hydrogen-bond acceptors (Lipinski definition) is 5. The van der Waals surface area contributed by atoms with Crippen LogP contribution in [0.3, 0.4) is 0 Å². The van der Waals surface area contributed by atoms with E-state index in [0.29, 0.717) is 26.3 Å². The summed E-state index contributed by atoms with van der Waals surface area (Å²) >= 11 is 0. The molecule has 0 unspecified atom stereocenters. The summed E-state index contributed by atoms with van der Waals surface area (Å²) in [4.78, 5) is 25.6. The predicted octanol–water partition coefficient (Wildman–Crippen LogP) is 1.82. The fourth-order valence-electron chi connectivity index (χ4n) is 3.08. The Morgan fingerprint density at radius 2 is 1.86 bits per heavy atom. The van der Waals surface area contributed by atoms with Gasteiger partial charge in [-0.25, -0.2) is 4.79 Å². The standard InChI is InChI=1S/C15H25NO5/c1-19-14(17)13(12-5-3-2-4-6-12)11-21-15(18)16-7-9-20-10-8-16/h12-13H,2-11H2,1H3/t13-/m1/s1. The molecule has 1 atom stereocenters. The third kappa shape index (κ3) is 4.59. The lowest BCUT2D eigenvalue weighted by Gasteiger charge is -2.30. The highest BCUT2D eigenvalue weighted by molar-refractivity contribution is 5.74. The maximum Gasteiger partial charge on any atom is 0.409 e. The number of nitrogens with zero attached hydrogens (tertiary/aromatic N) is 1. The second kappa shape index (κ2) is 8.22. The second-order valence-corrected chi connectivity index (χ2v) is 5.70. The molecule has 0 aromatic carbocycles. The average molecular weight is 299 g/mol. The van der Waals surface area contributed by atoms with Gasteiger partial charge in [0.25, 0.3) is 0 Å². The van der Waals surface area contributed by atoms with Crippen LogP contribution in [0.4, 0.5) is 4.79 Å². The Bertz CT molecular complexity index is 348. The van der Waals surface area contributed by atoms with Gasteiger partial charge in [0.05, 0.1) is 26.2 Å². The summed E-state index contributed by atoms with van der Waals surface area (Å²) in [5, 5.41) is 0. The van der Waals surface area contributed by atoms with Crippen LogP contribution in [0.25, 0.3) is 0 Å². The predicted molar refractivity (Wildman–Crippen MR) is 75.8 cm³/mol. The number of carbonyl (C=O) groups is 2. The molecular formula is C15H25NO5. The van der Waals surface area contributed by atoms with Crippen LogP contribution in [-0.2, 0) is 19.0 Å². The molecule has 2 rings (SSSR count). The average Bonchev–Trinajstić information content (AvgIpc) is 2.56. The van der Waals surface area contributed by atoms with Crippen molar-refractivity contribution >= 4 is 12.1 Å². The van der Waals surface area contributed by atoms with E-state index in [4.69, 9.17) is 14.2 Å². The van der Waals surface area contributed by atoms with Crippen LogP contribution >= 0.6 is 0 Å². The van der Waals surface area contributed by atoms with E-state index in [1.54, 1.807) is 4.90 Å². The Labute approximate surface area is 125 Å². The molecule has 0 aromatic rings. The summed E-state index contributed by atoms with van der Waals surface area (Å²) in [6.45, 7) is 2.29. The summed E-state index contributed by atoms with van der Waals surface area (Å²) in [7, 11) is 1.39. The first-order valence-corrected chi connectivity index (χ1v) is 7.79. The summed E-state index contributed by atoms with van der Waals surface area (Å²) in [6.07, 6.45) is 5.15. The van der Waals surface area contributed by atoms with Crippen LogP contribution in [0.5, 0.6) is 0 Å². The van der Waals surface area contributed by atoms with Gasteiger partial charge in [0.2, 0.25) is 0 Å². The molecule has 1 aliphatic carbocycles. The number of rotatable bonds is 4. The number of morpholine rings is 1. The third-order valence-electron chi connectivity index (χ3n) is 4.38. The first-order valence-electron chi connectivity index (χ1n) is 7.79. The lowest BCUT2D eigenvalue weighted by atomic mass is 9.80. The largest absolute Gasteiger partial charge is 0.469 e. The van der Waals surface area contributed by atoms with Gasteiger partial charge in [0.1, 0.15) is 6.61 Å². The van der Waals surface area contributed by atoms with Crippen molar-refractivity contribution < 1.29 is 23.8 Å². The minimum Gasteiger partial charge on any atom is -0.469 e. The molecule has 1 aliphatic heterocycles. The molecule has 0 radical (unpaired) electrons. The van der Waals surface area contributed by atoms with E-state index in [1.165, 1.54) is 13.5 Å². The van der Waals surface area contributed by atoms with Gasteiger partial charge in [0, 0.05) is 13.1 Å². The van der Waals surface area contributed by atoms with Crippen molar-refractivity contribution in [3.8, 4) is 0 Å². The zero-order valence-corrected chi connectivity index (χ0v) is 12.7. The Morgan fingerprint density at radius 1 is 1.19 bits per heavy atom. The lowest BCUT2D eigenvalue weighted by Crippen LogP contribution is -2.42. The summed E-state index contributed by atoms with van der Waals surface area (Å²) in [5.74, 6) is -0.333. The fourth-order valence-corrected chi connectivity index (χ4v) is 3.08. The minimum atomic E-state index is -0.358. The molecule has 1 heterocycles. The molecule has 1 saturated carbocycles. The molecule has 2 aliphatic rings. The highest BCUT2D eigenvalue weighted by atomic mass is 16.6. The van der Waals surface area contributed by atoms with E-state index in [0.717, 1.165) is 25.7 Å². The van der Waals surface area contributed by atoms with Crippen LogP contribution < -0.4 is 0 Å². The normalized spacial score (nSPS) is 21.7. The summed E-state index contributed by atoms with van der Waals surface area (Å²) in [5.41, 5.74) is 0. The van der Waals surface area contributed by atoms with Crippen molar-refractivity contribution in [3.05, 3.63) is 0 Å². The number of carbonyl (C=O) groups excluding carboxylic acids is 2. The number of esters is 1. The van der Waals surface area contributed by atoms with Gasteiger partial charge >= 0.3 is 12.1 Å². The van der Waals surface area contributed by atoms with Crippen molar-refractivity contribution in [2.75, 3.05) is 40.0 Å². The van der Waals surface area contributed by atoms with E-state index >= 15 is 0 Å². The lowest BCUT2D eigenvalue weighted by molar-refractivity contribution is -0.149. The quantitative estimate of drug-likeness (QED) is 0.741. The maximum absolute atomic E-state index is 12.0. The molecule has 0 spiro atoms. The third-order valence-corrected chi connectivity index (χ3v) is 4.38. The smallest absolute Gasteiger partial charge is 0.409 e. The Balaban J connectivity index is 1.85. The van der Waals surface area contributed by atoms with Crippen LogP contribution in [0, 0.1) is 11.8 Å². The van der Waals surface area contributed by atoms with Gasteiger partial charge in [-0.1, -0.05) is 19.3 Å². The Morgan fingerprint density at radius 3 is 2.48 bits per heavy atom. The number of ether oxygens (including phenoxy) is 3. The molecule has 21 heavy (non-hydrogen) atoms. The molecule has 6 heteroatoms. The van der Waals surface area contributed by atoms with Crippen molar-refractivity contribution in [3.63, 3.8) is 0 Å². The molecule has 120 valence electrons. The van der Waals surface area contributed by atoms with Gasteiger partial charge < -0.3 is 19.1 Å². The van der Waals surface area contributed by atoms with Gasteiger partial charge in [-0.15, -0.1) is 0 Å². The number of amides is 1. The number of methoxy groups -OCH3 is 1. The van der Waals surface area contributed by atoms with Crippen molar-refractivity contribution in [1.29, 1.82) is 0 Å². The van der Waals surface area contributed by atoms with Crippen LogP contribution in [0.2, 0.25) is 0 Å². The molecule has 1 amide bonds. The summed E-state index contributed by atoms with van der Waals surface area (Å²) in [6, 6.07) is 0. The van der Waals surface area contributed by atoms with Gasteiger partial charge in [0.15, 0.2) is 0 Å². The van der Waals surface area contributed by atoms with Crippen LogP contribution in [-0.4, -0.2) is 57.0 Å². The van der Waals surface area contributed by atoms with E-state index < -0.39 is 0 Å². The van der Waals surface area contributed by atoms with Crippen LogP contribution in [0.1, 0.15) is 32.1 Å². The SMILES string of the molecule is COC(=O)[C@H](COC(=O)N1CCOCC1)C1CCCCC1. The topological polar surface area (TPSA) is 65.1 Å². The molecule has 6 nitrogen and oxygen atoms in total. The zero-order chi connectivity index (χ0) is 15.1. The van der Waals surface area contributed by atoms with E-state index in [1.807, 2.05) is 0 Å². The van der Waals surface area contributed by atoms with Gasteiger partial charge in [-0.2, -0.15) is 0 Å². The Hall–Kier alpha value is -1.30. The zero-order valence-electron chi connectivity index (χ0n) is 12.7. The molecule has 1 saturated heterocycles. The van der Waals surface area contributed by atoms with Crippen LogP contribution in [0.15, 0.2) is 0 Å². The van der Waals surface area contributed by atoms with E-state index in [2.05, 4.69) is 0 Å². The van der Waals surface area contributed by atoms with Crippen molar-refractivity contribution in [1.82, 2.24) is 4.90 Å². The maximum atomic E-state index is 12.0. The molecule has 2 fully saturated rings. The second-order valence-electron chi connectivity index (χ2n) is 5.70. The molecule has 0 N–H and O–H groups in total. The highest BCUT2D eigenvalue weighted by Gasteiger charge is 2.32. The fraction of sp³-hybridized carbons (Fsp3) is 0.867.